The van der Waals surface area contributed by atoms with Crippen LogP contribution in [0.1, 0.15) is 57.5 Å². The van der Waals surface area contributed by atoms with Gasteiger partial charge < -0.3 is 0 Å². The second-order valence-electron chi connectivity index (χ2n) is 8.86. The number of nitrogens with zero attached hydrogens (tertiary/aromatic N) is 3. The Morgan fingerprint density at radius 2 is 1.70 bits per heavy atom. The molecular weight excluding hydrogens is 330 g/mol. The lowest BCUT2D eigenvalue weighted by atomic mass is 9.84. The van der Waals surface area contributed by atoms with Crippen molar-refractivity contribution in [3.63, 3.8) is 0 Å². The van der Waals surface area contributed by atoms with Crippen LogP contribution in [0, 0.1) is 13.8 Å². The fourth-order valence-electron chi connectivity index (χ4n) is 3.65. The summed E-state index contributed by atoms with van der Waals surface area (Å²) in [6.07, 6.45) is 6.50. The zero-order chi connectivity index (χ0) is 19.9. The minimum atomic E-state index is 0.0776. The molecule has 1 aromatic carbocycles. The zero-order valence-corrected chi connectivity index (χ0v) is 18.0. The maximum absolute atomic E-state index is 2.38. The number of rotatable bonds is 3. The summed E-state index contributed by atoms with van der Waals surface area (Å²) in [6, 6.07) is 11.5. The number of pyridine rings is 1. The van der Waals surface area contributed by atoms with Crippen LogP contribution in [0.3, 0.4) is 0 Å². The number of hydrogen-bond donors (Lipinski definition) is 0. The number of hydrogen-bond acceptors (Lipinski definition) is 0. The van der Waals surface area contributed by atoms with E-state index in [1.54, 1.807) is 0 Å². The number of aromatic nitrogens is 3. The fraction of sp³-hybridized carbons (Fsp3) is 0.417. The predicted molar refractivity (Wildman–Crippen MR) is 111 cm³/mol. The highest BCUT2D eigenvalue weighted by molar-refractivity contribution is 5.65. The molecule has 0 amide bonds. The molecule has 2 heterocycles. The SMILES string of the molecule is Cc1c(-c2n(C(C)C)cc[n+]2C)cc(C(C)(C)C)cc1-[n+]1ccccc1C. The molecule has 0 atom stereocenters. The van der Waals surface area contributed by atoms with Crippen molar-refractivity contribution in [1.29, 1.82) is 0 Å². The van der Waals surface area contributed by atoms with Crippen LogP contribution >= 0.6 is 0 Å². The fourth-order valence-corrected chi connectivity index (χ4v) is 3.65. The Morgan fingerprint density at radius 3 is 2.30 bits per heavy atom. The van der Waals surface area contributed by atoms with E-state index >= 15 is 0 Å². The molecule has 3 aromatic rings. The van der Waals surface area contributed by atoms with Crippen LogP contribution in [-0.4, -0.2) is 4.57 Å². The van der Waals surface area contributed by atoms with Crippen molar-refractivity contribution >= 4 is 0 Å². The van der Waals surface area contributed by atoms with Crippen LogP contribution in [-0.2, 0) is 12.5 Å². The van der Waals surface area contributed by atoms with Gasteiger partial charge in [0.15, 0.2) is 11.9 Å². The molecule has 0 fully saturated rings. The van der Waals surface area contributed by atoms with E-state index in [0.29, 0.717) is 6.04 Å². The van der Waals surface area contributed by atoms with Gasteiger partial charge in [-0.2, -0.15) is 4.57 Å². The van der Waals surface area contributed by atoms with E-state index in [1.807, 2.05) is 0 Å². The van der Waals surface area contributed by atoms with E-state index in [-0.39, 0.29) is 5.41 Å². The Kier molecular flexibility index (Phi) is 4.98. The van der Waals surface area contributed by atoms with Crippen LogP contribution in [0.5, 0.6) is 0 Å². The standard InChI is InChI=1S/C24H33N3/c1-17(2)26-14-13-25(8)23(26)21-15-20(24(5,6)7)16-22(19(21)4)27-12-10-9-11-18(27)3/h9-17H,1-8H3/q+2. The van der Waals surface area contributed by atoms with Crippen molar-refractivity contribution < 1.29 is 9.13 Å². The van der Waals surface area contributed by atoms with Crippen molar-refractivity contribution in [3.05, 3.63) is 65.7 Å². The van der Waals surface area contributed by atoms with Gasteiger partial charge in [0.05, 0.1) is 18.7 Å². The molecule has 0 aliphatic rings. The third-order valence-corrected chi connectivity index (χ3v) is 5.40. The summed E-state index contributed by atoms with van der Waals surface area (Å²) < 4.78 is 6.90. The molecule has 0 aliphatic heterocycles. The first-order valence-corrected chi connectivity index (χ1v) is 9.81. The smallest absolute Gasteiger partial charge is 0.233 e. The first kappa shape index (κ1) is 19.3. The Hall–Kier alpha value is -2.42. The minimum Gasteiger partial charge on any atom is -0.233 e. The van der Waals surface area contributed by atoms with Crippen molar-refractivity contribution in [3.8, 4) is 17.1 Å². The van der Waals surface area contributed by atoms with Crippen LogP contribution in [0.2, 0.25) is 0 Å². The van der Waals surface area contributed by atoms with Crippen LogP contribution in [0.4, 0.5) is 0 Å². The second kappa shape index (κ2) is 6.95. The molecule has 27 heavy (non-hydrogen) atoms. The normalized spacial score (nSPS) is 12.0. The highest BCUT2D eigenvalue weighted by atomic mass is 15.1. The van der Waals surface area contributed by atoms with E-state index in [1.165, 1.54) is 33.9 Å². The summed E-state index contributed by atoms with van der Waals surface area (Å²) in [7, 11) is 2.14. The van der Waals surface area contributed by atoms with E-state index < -0.39 is 0 Å². The maximum atomic E-state index is 2.38. The van der Waals surface area contributed by atoms with E-state index in [4.69, 9.17) is 0 Å². The number of imidazole rings is 1. The highest BCUT2D eigenvalue weighted by Gasteiger charge is 2.28. The van der Waals surface area contributed by atoms with E-state index in [2.05, 4.69) is 118 Å². The highest BCUT2D eigenvalue weighted by Crippen LogP contribution is 2.32. The number of aryl methyl sites for hydroxylation is 2. The zero-order valence-electron chi connectivity index (χ0n) is 18.0. The molecule has 0 saturated heterocycles. The first-order chi connectivity index (χ1) is 12.6. The predicted octanol–water partition coefficient (Wildman–Crippen LogP) is 4.75. The van der Waals surface area contributed by atoms with Crippen molar-refractivity contribution in [1.82, 2.24) is 4.57 Å². The average Bonchev–Trinajstić information content (AvgIpc) is 2.96. The third-order valence-electron chi connectivity index (χ3n) is 5.40. The molecule has 0 saturated carbocycles. The summed E-state index contributed by atoms with van der Waals surface area (Å²) >= 11 is 0. The summed E-state index contributed by atoms with van der Waals surface area (Å²) in [4.78, 5) is 0. The van der Waals surface area contributed by atoms with Gasteiger partial charge in [-0.1, -0.05) is 26.8 Å². The molecule has 0 aliphatic carbocycles. The molecule has 0 unspecified atom stereocenters. The van der Waals surface area contributed by atoms with Gasteiger partial charge in [-0.3, -0.25) is 0 Å². The van der Waals surface area contributed by atoms with Crippen molar-refractivity contribution in [2.75, 3.05) is 0 Å². The van der Waals surface area contributed by atoms with Crippen LogP contribution in [0.15, 0.2) is 48.9 Å². The lowest BCUT2D eigenvalue weighted by Crippen LogP contribution is -2.36. The second-order valence-corrected chi connectivity index (χ2v) is 8.86. The van der Waals surface area contributed by atoms with Crippen molar-refractivity contribution in [2.45, 2.75) is 59.9 Å². The Bertz CT molecular complexity index is 972. The van der Waals surface area contributed by atoms with E-state index in [0.717, 1.165) is 0 Å². The van der Waals surface area contributed by atoms with Gasteiger partial charge in [-0.25, -0.2) is 9.13 Å². The first-order valence-electron chi connectivity index (χ1n) is 9.81. The Morgan fingerprint density at radius 1 is 1.00 bits per heavy atom. The third kappa shape index (κ3) is 3.55. The summed E-state index contributed by atoms with van der Waals surface area (Å²) in [5, 5.41) is 0. The average molecular weight is 364 g/mol. The van der Waals surface area contributed by atoms with Crippen molar-refractivity contribution in [2.24, 2.45) is 7.05 Å². The largest absolute Gasteiger partial charge is 0.289 e. The number of benzene rings is 1. The van der Waals surface area contributed by atoms with E-state index in [9.17, 15) is 0 Å². The molecule has 3 heteroatoms. The topological polar surface area (TPSA) is 12.7 Å². The quantitative estimate of drug-likeness (QED) is 0.596. The van der Waals surface area contributed by atoms with Crippen LogP contribution in [0.25, 0.3) is 17.1 Å². The molecule has 3 nitrogen and oxygen atoms in total. The molecule has 0 bridgehead atoms. The monoisotopic (exact) mass is 363 g/mol. The molecular formula is C24H33N3+2. The summed E-state index contributed by atoms with van der Waals surface area (Å²) in [5.74, 6) is 1.25. The maximum Gasteiger partial charge on any atom is 0.289 e. The van der Waals surface area contributed by atoms with Gasteiger partial charge >= 0.3 is 0 Å². The van der Waals surface area contributed by atoms with Gasteiger partial charge in [0.1, 0.15) is 12.4 Å². The molecule has 0 radical (unpaired) electrons. The lowest BCUT2D eigenvalue weighted by molar-refractivity contribution is -0.659. The van der Waals surface area contributed by atoms with Gasteiger partial charge in [0.2, 0.25) is 5.69 Å². The molecule has 0 N–H and O–H groups in total. The molecule has 3 rings (SSSR count). The van der Waals surface area contributed by atoms with Gasteiger partial charge in [0, 0.05) is 30.7 Å². The van der Waals surface area contributed by atoms with Gasteiger partial charge in [-0.05, 0) is 37.8 Å². The lowest BCUT2D eigenvalue weighted by Gasteiger charge is -2.21. The van der Waals surface area contributed by atoms with Gasteiger partial charge in [-0.15, -0.1) is 0 Å². The molecule has 0 spiro atoms. The molecule has 2 aromatic heterocycles. The van der Waals surface area contributed by atoms with Gasteiger partial charge in [0.25, 0.3) is 5.82 Å². The summed E-state index contributed by atoms with van der Waals surface area (Å²) in [5.41, 5.74) is 6.53. The molecule has 142 valence electrons. The Labute approximate surface area is 163 Å². The van der Waals surface area contributed by atoms with Crippen LogP contribution < -0.4 is 9.13 Å². The minimum absolute atomic E-state index is 0.0776. The Balaban J connectivity index is 2.38. The summed E-state index contributed by atoms with van der Waals surface area (Å²) in [6.45, 7) is 15.8.